The van der Waals surface area contributed by atoms with Crippen LogP contribution < -0.4 is 52.2 Å². The van der Waals surface area contributed by atoms with Crippen LogP contribution in [0.1, 0.15) is 127 Å². The highest BCUT2D eigenvalue weighted by Crippen LogP contribution is 2.64. The van der Waals surface area contributed by atoms with E-state index in [-0.39, 0.29) is 106 Å². The minimum Gasteiger partial charge on any atom is -0.507 e. The Hall–Kier alpha value is -12.6. The Bertz CT molecular complexity index is 5980. The SMILES string of the molecule is COC(=O)C1=CC(c2cc(C(O)CN3CCN(c4ccc(Cl)cc4)CC3)cc(C(N)=O)c2O)(C(O)CN2CCN(c3ccccc3C)CC2)C(c2cc(C(O)CN3CCN(c4ccc(OC)cc4)CC3)cc(C(N)=O)c2O)=C(c2cc(C(O)CN3CCN(c4cccc(C(F)(F)F)c4)CC3)cc(C(N)=O)c2O)C1(O)c1cc(C(O)CN2CCN(c3ccccc3C)CC2)cc(C(N)=O)c1O. The van der Waals surface area contributed by atoms with Crippen molar-refractivity contribution in [2.24, 2.45) is 22.9 Å². The number of phenols is 4. The van der Waals surface area contributed by atoms with Crippen molar-refractivity contribution in [1.82, 2.24) is 24.5 Å². The van der Waals surface area contributed by atoms with Gasteiger partial charge < -0.3 is 108 Å². The third-order valence-electron chi connectivity index (χ3n) is 27.3. The number of aliphatic hydroxyl groups is 6. The molecule has 7 unspecified atom stereocenters. The molecule has 5 aliphatic heterocycles. The molecule has 7 atom stereocenters. The summed E-state index contributed by atoms with van der Waals surface area (Å²) in [7, 11) is 2.43. The van der Waals surface area contributed by atoms with E-state index in [4.69, 9.17) is 44.0 Å². The molecule has 9 aromatic rings. The number of piperazine rings is 5. The number of para-hydroxylation sites is 2. The zero-order valence-corrected chi connectivity index (χ0v) is 76.2. The number of halogens is 4. The summed E-state index contributed by atoms with van der Waals surface area (Å²) < 4.78 is 53.8. The number of amides is 4. The zero-order chi connectivity index (χ0) is 96.4. The number of carbonyl (C=O) groups is 5. The third kappa shape index (κ3) is 20.3. The number of β-amino-alcohol motifs (C(OH)–C–C–N with tert-alkyl or cyclic N) is 5. The summed E-state index contributed by atoms with van der Waals surface area (Å²) >= 11 is 6.31. The van der Waals surface area contributed by atoms with Gasteiger partial charge in [-0.1, -0.05) is 60.1 Å². The quantitative estimate of drug-likeness (QED) is 0.0192. The summed E-state index contributed by atoms with van der Waals surface area (Å²) in [4.78, 5) is 95.1. The second-order valence-corrected chi connectivity index (χ2v) is 35.9. The molecule has 5 heterocycles. The number of rotatable bonds is 30. The maximum Gasteiger partial charge on any atom is 0.416 e. The molecule has 0 bridgehead atoms. The van der Waals surface area contributed by atoms with Crippen molar-refractivity contribution in [3.05, 3.63) is 270 Å². The van der Waals surface area contributed by atoms with Gasteiger partial charge in [-0.25, -0.2) is 4.79 Å². The van der Waals surface area contributed by atoms with E-state index in [0.29, 0.717) is 89.3 Å². The molecule has 0 spiro atoms. The van der Waals surface area contributed by atoms with Gasteiger partial charge in [-0.15, -0.1) is 0 Å². The summed E-state index contributed by atoms with van der Waals surface area (Å²) in [6.07, 6.45) is -13.2. The summed E-state index contributed by atoms with van der Waals surface area (Å²) in [5, 5.41) is 140. The van der Waals surface area contributed by atoms with Crippen LogP contribution in [-0.2, 0) is 26.7 Å². The predicted molar refractivity (Wildman–Crippen MR) is 506 cm³/mol. The van der Waals surface area contributed by atoms with E-state index in [1.165, 1.54) is 18.2 Å². The van der Waals surface area contributed by atoms with E-state index in [9.17, 15) is 73.2 Å². The van der Waals surface area contributed by atoms with Gasteiger partial charge in [0.05, 0.1) is 83.5 Å². The minimum atomic E-state index is -4.67. The number of hydrogen-bond donors (Lipinski definition) is 14. The standard InChI is InChI=1S/C100H114ClF3N14O17/c1-59-10-5-7-14-80(59)117-40-30-112(31-41-117)57-85(122)64-49-76(96(108)131)92(127)78(51-64)99(133)79(97(132)135-4)53-98(86(123)58-113-32-42-118(43-33-113)81-15-8-6-11-60(81)2,77-50-63(48-75(91(77)126)95(107)130)84(121)56-110-24-34-114(35-25-110)67-18-16-66(101)17-19-67)87(71-44-61(46-73(89(71)124)93(105)128)82(119)54-109-26-36-115(37-27-109)68-20-22-70(134-3)23-21-68)88(99)72-45-62(47-74(90(72)125)94(106)129)83(120)55-111-28-38-116(39-29-111)69-13-9-12-65(52-69)100(102,103)104/h5-23,44-53,82-86,119-127,133H,24-43,54-58H2,1-4H3,(H2,105,128)(H2,106,129)(H2,107,130)(H2,108,131). The largest absolute Gasteiger partial charge is 0.507 e. The summed E-state index contributed by atoms with van der Waals surface area (Å²) in [5.74, 6) is -11.4. The number of aryl methyl sites for hydroxylation is 2. The van der Waals surface area contributed by atoms with Crippen molar-refractivity contribution in [2.45, 2.75) is 61.6 Å². The Balaban J connectivity index is 1.01. The number of hydrogen-bond acceptors (Lipinski definition) is 27. The topological polar surface area (TPSA) is 443 Å². The number of nitrogens with two attached hydrogens (primary N) is 4. The average Bonchev–Trinajstić information content (AvgIpc) is 0.675. The fourth-order valence-electron chi connectivity index (χ4n) is 19.8. The third-order valence-corrected chi connectivity index (χ3v) is 27.6. The molecule has 714 valence electrons. The Kier molecular flexibility index (Phi) is 29.1. The molecule has 4 amide bonds. The van der Waals surface area contributed by atoms with Crippen LogP contribution >= 0.6 is 11.6 Å². The highest BCUT2D eigenvalue weighted by atomic mass is 35.5. The Labute approximate surface area is 784 Å². The highest BCUT2D eigenvalue weighted by molar-refractivity contribution is 6.30. The van der Waals surface area contributed by atoms with Gasteiger partial charge in [0.25, 0.3) is 23.6 Å². The van der Waals surface area contributed by atoms with Crippen LogP contribution in [0.2, 0.25) is 5.02 Å². The number of carbonyl (C=O) groups excluding carboxylic acids is 5. The first kappa shape index (κ1) is 97.0. The van der Waals surface area contributed by atoms with E-state index < -0.39 is 174 Å². The molecular weight excluding hydrogens is 1760 g/mol. The van der Waals surface area contributed by atoms with E-state index in [0.717, 1.165) is 102 Å². The molecule has 0 saturated carbocycles. The lowest BCUT2D eigenvalue weighted by molar-refractivity contribution is -0.138. The van der Waals surface area contributed by atoms with Gasteiger partial charge in [0, 0.05) is 225 Å². The zero-order valence-electron chi connectivity index (χ0n) is 75.4. The van der Waals surface area contributed by atoms with Crippen LogP contribution in [0.5, 0.6) is 28.7 Å². The van der Waals surface area contributed by atoms with Crippen LogP contribution in [-0.4, -0.2) is 289 Å². The van der Waals surface area contributed by atoms with Gasteiger partial charge in [0.2, 0.25) is 0 Å². The Morgan fingerprint density at radius 3 is 1.14 bits per heavy atom. The second-order valence-electron chi connectivity index (χ2n) is 35.5. The highest BCUT2D eigenvalue weighted by Gasteiger charge is 2.60. The summed E-state index contributed by atoms with van der Waals surface area (Å²) in [5.41, 5.74) is 12.6. The second kappa shape index (κ2) is 40.6. The molecule has 135 heavy (non-hydrogen) atoms. The number of aliphatic hydroxyl groups excluding tert-OH is 5. The maximum atomic E-state index is 16.6. The molecule has 0 radical (unpaired) electrons. The number of nitrogens with zero attached hydrogens (tertiary/aromatic N) is 10. The summed E-state index contributed by atoms with van der Waals surface area (Å²) in [6, 6.07) is 43.5. The molecule has 5 fully saturated rings. The Morgan fingerprint density at radius 2 is 0.756 bits per heavy atom. The van der Waals surface area contributed by atoms with Gasteiger partial charge >= 0.3 is 12.1 Å². The van der Waals surface area contributed by atoms with Crippen LogP contribution in [0.3, 0.4) is 0 Å². The number of esters is 1. The van der Waals surface area contributed by atoms with Gasteiger partial charge in [-0.3, -0.25) is 43.7 Å². The molecule has 15 rings (SSSR count). The lowest BCUT2D eigenvalue weighted by Crippen LogP contribution is -2.55. The van der Waals surface area contributed by atoms with Crippen LogP contribution in [0.15, 0.2) is 182 Å². The molecular formula is C100H114ClF3N14O17. The first-order chi connectivity index (χ1) is 64.4. The van der Waals surface area contributed by atoms with E-state index in [1.807, 2.05) is 113 Å². The van der Waals surface area contributed by atoms with Crippen molar-refractivity contribution in [1.29, 1.82) is 0 Å². The van der Waals surface area contributed by atoms with Crippen molar-refractivity contribution in [3.8, 4) is 28.7 Å². The smallest absolute Gasteiger partial charge is 0.416 e. The number of methoxy groups -OCH3 is 2. The molecule has 1 aliphatic carbocycles. The van der Waals surface area contributed by atoms with Gasteiger partial charge in [0.1, 0.15) is 28.7 Å². The fraction of sp³-hybridized carbons (Fsp3) is 0.370. The van der Waals surface area contributed by atoms with Crippen molar-refractivity contribution in [3.63, 3.8) is 0 Å². The van der Waals surface area contributed by atoms with Gasteiger partial charge in [-0.05, 0) is 180 Å². The molecule has 35 heteroatoms. The number of primary amides is 4. The fourth-order valence-corrected chi connectivity index (χ4v) is 20.0. The molecule has 18 N–H and O–H groups in total. The monoisotopic (exact) mass is 1870 g/mol. The molecule has 9 aromatic carbocycles. The number of alkyl halides is 3. The van der Waals surface area contributed by atoms with E-state index in [2.05, 4.69) is 19.6 Å². The maximum absolute atomic E-state index is 16.6. The lowest BCUT2D eigenvalue weighted by atomic mass is 9.56. The van der Waals surface area contributed by atoms with Crippen molar-refractivity contribution < 1.29 is 97.7 Å². The molecule has 6 aliphatic rings. The first-order valence-electron chi connectivity index (χ1n) is 44.9. The molecule has 5 saturated heterocycles. The van der Waals surface area contributed by atoms with Crippen molar-refractivity contribution >= 4 is 80.8 Å². The normalized spacial score (nSPS) is 19.9. The first-order valence-corrected chi connectivity index (χ1v) is 45.3. The van der Waals surface area contributed by atoms with E-state index in [1.54, 1.807) is 33.9 Å². The predicted octanol–water partition coefficient (Wildman–Crippen LogP) is 7.66. The van der Waals surface area contributed by atoms with Crippen LogP contribution in [0, 0.1) is 13.8 Å². The van der Waals surface area contributed by atoms with Gasteiger partial charge in [-0.2, -0.15) is 13.2 Å². The average molecular weight is 1880 g/mol. The molecule has 31 nitrogen and oxygen atoms in total. The lowest BCUT2D eigenvalue weighted by Gasteiger charge is -2.50. The van der Waals surface area contributed by atoms with E-state index >= 15 is 15.0 Å². The van der Waals surface area contributed by atoms with Crippen LogP contribution in [0.4, 0.5) is 41.6 Å². The van der Waals surface area contributed by atoms with Crippen molar-refractivity contribution in [2.75, 3.05) is 202 Å². The Morgan fingerprint density at radius 1 is 0.407 bits per heavy atom. The number of benzene rings is 9. The van der Waals surface area contributed by atoms with Crippen LogP contribution in [0.25, 0.3) is 11.1 Å². The van der Waals surface area contributed by atoms with Gasteiger partial charge in [0.15, 0.2) is 5.60 Å². The number of aromatic hydroxyl groups is 4. The summed E-state index contributed by atoms with van der Waals surface area (Å²) in [6.45, 7) is 7.90. The minimum absolute atomic E-state index is 0.0763. The number of ether oxygens (including phenoxy) is 2. The number of anilines is 5. The molecule has 0 aromatic heterocycles.